The summed E-state index contributed by atoms with van der Waals surface area (Å²) in [6.07, 6.45) is 7.76. The SMILES string of the molecule is NC1=NCC(c2cccc(Cl)c2)N1C1CCCCCC1. The number of nitrogens with two attached hydrogens (primary N) is 1. The number of aliphatic imine (C=N–C) groups is 1. The molecular weight excluding hydrogens is 270 g/mol. The van der Waals surface area contributed by atoms with Gasteiger partial charge < -0.3 is 10.6 Å². The minimum atomic E-state index is 0.261. The first-order chi connectivity index (χ1) is 9.75. The highest BCUT2D eigenvalue weighted by Crippen LogP contribution is 2.33. The Morgan fingerprint density at radius 2 is 1.90 bits per heavy atom. The minimum Gasteiger partial charge on any atom is -0.370 e. The molecule has 1 aromatic rings. The van der Waals surface area contributed by atoms with Crippen LogP contribution in [0.1, 0.15) is 50.1 Å². The van der Waals surface area contributed by atoms with E-state index in [-0.39, 0.29) is 6.04 Å². The molecule has 1 aliphatic carbocycles. The molecule has 108 valence electrons. The van der Waals surface area contributed by atoms with Crippen LogP contribution in [0.25, 0.3) is 0 Å². The van der Waals surface area contributed by atoms with Crippen molar-refractivity contribution in [2.75, 3.05) is 6.54 Å². The average molecular weight is 292 g/mol. The van der Waals surface area contributed by atoms with Gasteiger partial charge in [-0.3, -0.25) is 4.99 Å². The number of guanidine groups is 1. The molecule has 1 saturated carbocycles. The standard InChI is InChI=1S/C16H22ClN3/c17-13-7-5-6-12(10-13)15-11-19-16(18)20(15)14-8-3-1-2-4-9-14/h5-7,10,14-15H,1-4,8-9,11H2,(H2,18,19). The van der Waals surface area contributed by atoms with Gasteiger partial charge in [-0.1, -0.05) is 49.4 Å². The van der Waals surface area contributed by atoms with Gasteiger partial charge in [0.2, 0.25) is 0 Å². The van der Waals surface area contributed by atoms with Crippen molar-refractivity contribution < 1.29 is 0 Å². The number of benzene rings is 1. The fraction of sp³-hybridized carbons (Fsp3) is 0.562. The average Bonchev–Trinajstić information content (AvgIpc) is 2.66. The Hall–Kier alpha value is -1.22. The van der Waals surface area contributed by atoms with Gasteiger partial charge in [-0.15, -0.1) is 0 Å². The summed E-state index contributed by atoms with van der Waals surface area (Å²) in [6.45, 7) is 0.753. The van der Waals surface area contributed by atoms with Crippen molar-refractivity contribution in [1.82, 2.24) is 4.90 Å². The fourth-order valence-electron chi connectivity index (χ4n) is 3.47. The Kier molecular flexibility index (Phi) is 4.16. The van der Waals surface area contributed by atoms with Crippen LogP contribution in [0.4, 0.5) is 0 Å². The Labute approximate surface area is 125 Å². The first-order valence-electron chi connectivity index (χ1n) is 7.59. The molecule has 2 N–H and O–H groups in total. The van der Waals surface area contributed by atoms with E-state index in [0.717, 1.165) is 11.6 Å². The van der Waals surface area contributed by atoms with Crippen LogP contribution in [0.15, 0.2) is 29.3 Å². The van der Waals surface area contributed by atoms with Gasteiger partial charge in [0, 0.05) is 11.1 Å². The highest BCUT2D eigenvalue weighted by atomic mass is 35.5. The Bertz CT molecular complexity index is 492. The van der Waals surface area contributed by atoms with Crippen LogP contribution in [0.2, 0.25) is 5.02 Å². The maximum absolute atomic E-state index is 6.17. The molecule has 1 heterocycles. The smallest absolute Gasteiger partial charge is 0.192 e. The van der Waals surface area contributed by atoms with E-state index < -0.39 is 0 Å². The zero-order valence-electron chi connectivity index (χ0n) is 11.8. The predicted molar refractivity (Wildman–Crippen MR) is 84.0 cm³/mol. The molecule has 3 nitrogen and oxygen atoms in total. The van der Waals surface area contributed by atoms with Crippen LogP contribution >= 0.6 is 11.6 Å². The monoisotopic (exact) mass is 291 g/mol. The molecule has 0 radical (unpaired) electrons. The van der Waals surface area contributed by atoms with Gasteiger partial charge >= 0.3 is 0 Å². The number of nitrogens with zero attached hydrogens (tertiary/aromatic N) is 2. The lowest BCUT2D eigenvalue weighted by molar-refractivity contribution is 0.237. The molecular formula is C16H22ClN3. The molecule has 1 fully saturated rings. The third kappa shape index (κ3) is 2.78. The van der Waals surface area contributed by atoms with Gasteiger partial charge in [-0.05, 0) is 30.5 Å². The summed E-state index contributed by atoms with van der Waals surface area (Å²) in [5.41, 5.74) is 7.40. The predicted octanol–water partition coefficient (Wildman–Crippen LogP) is 3.73. The lowest BCUT2D eigenvalue weighted by Gasteiger charge is -2.34. The summed E-state index contributed by atoms with van der Waals surface area (Å²) >= 11 is 6.13. The van der Waals surface area contributed by atoms with Crippen LogP contribution < -0.4 is 5.73 Å². The van der Waals surface area contributed by atoms with Crippen molar-refractivity contribution in [2.24, 2.45) is 10.7 Å². The quantitative estimate of drug-likeness (QED) is 0.844. The first-order valence-corrected chi connectivity index (χ1v) is 7.97. The van der Waals surface area contributed by atoms with Crippen LogP contribution in [0.5, 0.6) is 0 Å². The van der Waals surface area contributed by atoms with Crippen molar-refractivity contribution in [3.05, 3.63) is 34.9 Å². The molecule has 1 unspecified atom stereocenters. The van der Waals surface area contributed by atoms with Crippen LogP contribution in [-0.4, -0.2) is 23.4 Å². The summed E-state index contributed by atoms with van der Waals surface area (Å²) in [6, 6.07) is 8.90. The second-order valence-electron chi connectivity index (χ2n) is 5.82. The van der Waals surface area contributed by atoms with E-state index in [2.05, 4.69) is 16.0 Å². The zero-order chi connectivity index (χ0) is 13.9. The van der Waals surface area contributed by atoms with Crippen LogP contribution in [0.3, 0.4) is 0 Å². The molecule has 0 saturated heterocycles. The molecule has 20 heavy (non-hydrogen) atoms. The number of rotatable bonds is 2. The molecule has 1 aromatic carbocycles. The lowest BCUT2D eigenvalue weighted by Crippen LogP contribution is -2.43. The maximum atomic E-state index is 6.17. The van der Waals surface area contributed by atoms with Crippen molar-refractivity contribution in [2.45, 2.75) is 50.6 Å². The van der Waals surface area contributed by atoms with Gasteiger partial charge in [-0.2, -0.15) is 0 Å². The van der Waals surface area contributed by atoms with Crippen molar-refractivity contribution >= 4 is 17.6 Å². The van der Waals surface area contributed by atoms with Gasteiger partial charge in [0.1, 0.15) is 0 Å². The summed E-state index contributed by atoms with van der Waals surface area (Å²) in [4.78, 5) is 6.83. The van der Waals surface area contributed by atoms with Gasteiger partial charge in [0.25, 0.3) is 0 Å². The number of halogens is 1. The van der Waals surface area contributed by atoms with E-state index in [4.69, 9.17) is 17.3 Å². The summed E-state index contributed by atoms with van der Waals surface area (Å²) in [7, 11) is 0. The van der Waals surface area contributed by atoms with Gasteiger partial charge in [0.15, 0.2) is 5.96 Å². The molecule has 1 aliphatic heterocycles. The van der Waals surface area contributed by atoms with Gasteiger partial charge in [0.05, 0.1) is 12.6 Å². The van der Waals surface area contributed by atoms with E-state index in [9.17, 15) is 0 Å². The van der Waals surface area contributed by atoms with E-state index in [1.807, 2.05) is 18.2 Å². The molecule has 1 atom stereocenters. The molecule has 0 aromatic heterocycles. The van der Waals surface area contributed by atoms with E-state index in [0.29, 0.717) is 12.0 Å². The van der Waals surface area contributed by atoms with Crippen LogP contribution in [0, 0.1) is 0 Å². The Morgan fingerprint density at radius 1 is 1.15 bits per heavy atom. The summed E-state index contributed by atoms with van der Waals surface area (Å²) in [5.74, 6) is 0.710. The first kappa shape index (κ1) is 13.7. The highest BCUT2D eigenvalue weighted by molar-refractivity contribution is 6.30. The second kappa shape index (κ2) is 6.04. The Balaban J connectivity index is 1.84. The van der Waals surface area contributed by atoms with Crippen molar-refractivity contribution in [3.8, 4) is 0 Å². The molecule has 0 bridgehead atoms. The minimum absolute atomic E-state index is 0.261. The summed E-state index contributed by atoms with van der Waals surface area (Å²) < 4.78 is 0. The maximum Gasteiger partial charge on any atom is 0.192 e. The number of hydrogen-bond donors (Lipinski definition) is 1. The summed E-state index contributed by atoms with van der Waals surface area (Å²) in [5, 5.41) is 0.786. The number of hydrogen-bond acceptors (Lipinski definition) is 3. The molecule has 0 amide bonds. The normalized spacial score (nSPS) is 24.6. The topological polar surface area (TPSA) is 41.6 Å². The highest BCUT2D eigenvalue weighted by Gasteiger charge is 2.33. The van der Waals surface area contributed by atoms with E-state index >= 15 is 0 Å². The van der Waals surface area contributed by atoms with Crippen LogP contribution in [-0.2, 0) is 0 Å². The van der Waals surface area contributed by atoms with E-state index in [1.165, 1.54) is 44.1 Å². The molecule has 3 rings (SSSR count). The molecule has 4 heteroatoms. The second-order valence-corrected chi connectivity index (χ2v) is 6.26. The fourth-order valence-corrected chi connectivity index (χ4v) is 3.67. The lowest BCUT2D eigenvalue weighted by atomic mass is 10.0. The van der Waals surface area contributed by atoms with Crippen molar-refractivity contribution in [1.29, 1.82) is 0 Å². The molecule has 0 spiro atoms. The molecule has 2 aliphatic rings. The van der Waals surface area contributed by atoms with E-state index in [1.54, 1.807) is 0 Å². The Morgan fingerprint density at radius 3 is 2.60 bits per heavy atom. The third-order valence-corrected chi connectivity index (χ3v) is 4.71. The van der Waals surface area contributed by atoms with Crippen molar-refractivity contribution in [3.63, 3.8) is 0 Å². The largest absolute Gasteiger partial charge is 0.370 e. The third-order valence-electron chi connectivity index (χ3n) is 4.48. The van der Waals surface area contributed by atoms with Gasteiger partial charge in [-0.25, -0.2) is 0 Å². The zero-order valence-corrected chi connectivity index (χ0v) is 12.5.